The highest BCUT2D eigenvalue weighted by Crippen LogP contribution is 2.30. The van der Waals surface area contributed by atoms with Crippen LogP contribution in [0.15, 0.2) is 33.6 Å². The summed E-state index contributed by atoms with van der Waals surface area (Å²) in [5.74, 6) is 1.41. The van der Waals surface area contributed by atoms with Gasteiger partial charge in [0, 0.05) is 4.47 Å². The number of hydrogen-bond donors (Lipinski definition) is 0. The molecule has 0 atom stereocenters. The van der Waals surface area contributed by atoms with E-state index in [1.807, 2.05) is 0 Å². The molecule has 2 nitrogen and oxygen atoms in total. The largest absolute Gasteiger partial charge is 0.224 e. The first kappa shape index (κ1) is 14.1. The second-order valence-corrected chi connectivity index (χ2v) is 8.31. The van der Waals surface area contributed by atoms with Gasteiger partial charge in [-0.1, -0.05) is 35.7 Å². The predicted octanol–water partition coefficient (Wildman–Crippen LogP) is 4.05. The minimum Gasteiger partial charge on any atom is -0.224 e. The van der Waals surface area contributed by atoms with E-state index in [2.05, 4.69) is 22.9 Å². The standard InChI is InChI=1S/C14H19BrO2S/c1-11-2-4-12(5-3-11)10-18(16,17)14-8-6-13(15)7-9-14/h6-9,11-12H,2-5,10H2,1H3/t11-,12+. The third-order valence-corrected chi connectivity index (χ3v) is 6.19. The minimum absolute atomic E-state index is 0.307. The smallest absolute Gasteiger partial charge is 0.178 e. The molecule has 4 heteroatoms. The molecule has 1 aliphatic rings. The van der Waals surface area contributed by atoms with Crippen molar-refractivity contribution in [1.29, 1.82) is 0 Å². The van der Waals surface area contributed by atoms with Crippen LogP contribution in [0, 0.1) is 11.8 Å². The lowest BCUT2D eigenvalue weighted by atomic mass is 9.84. The molecule has 0 radical (unpaired) electrons. The number of rotatable bonds is 3. The van der Waals surface area contributed by atoms with Gasteiger partial charge in [-0.15, -0.1) is 0 Å². The van der Waals surface area contributed by atoms with E-state index in [4.69, 9.17) is 0 Å². The van der Waals surface area contributed by atoms with Crippen LogP contribution in [0.3, 0.4) is 0 Å². The average molecular weight is 331 g/mol. The van der Waals surface area contributed by atoms with Gasteiger partial charge in [-0.2, -0.15) is 0 Å². The summed E-state index contributed by atoms with van der Waals surface area (Å²) in [6, 6.07) is 6.95. The lowest BCUT2D eigenvalue weighted by Crippen LogP contribution is -2.21. The maximum atomic E-state index is 12.3. The highest BCUT2D eigenvalue weighted by Gasteiger charge is 2.24. The summed E-state index contributed by atoms with van der Waals surface area (Å²) in [7, 11) is -3.11. The fraction of sp³-hybridized carbons (Fsp3) is 0.571. The Hall–Kier alpha value is -0.350. The van der Waals surface area contributed by atoms with Gasteiger partial charge in [0.2, 0.25) is 0 Å². The predicted molar refractivity (Wildman–Crippen MR) is 77.3 cm³/mol. The van der Waals surface area contributed by atoms with E-state index >= 15 is 0 Å². The molecule has 0 amide bonds. The van der Waals surface area contributed by atoms with Crippen LogP contribution >= 0.6 is 15.9 Å². The lowest BCUT2D eigenvalue weighted by molar-refractivity contribution is 0.308. The minimum atomic E-state index is -3.11. The van der Waals surface area contributed by atoms with Gasteiger partial charge >= 0.3 is 0 Å². The van der Waals surface area contributed by atoms with Crippen molar-refractivity contribution in [1.82, 2.24) is 0 Å². The topological polar surface area (TPSA) is 34.1 Å². The van der Waals surface area contributed by atoms with Crippen molar-refractivity contribution in [2.75, 3.05) is 5.75 Å². The Kier molecular flexibility index (Phi) is 4.49. The summed E-state index contributed by atoms with van der Waals surface area (Å²) < 4.78 is 25.5. The van der Waals surface area contributed by atoms with Gasteiger partial charge in [0.1, 0.15) is 0 Å². The first-order valence-electron chi connectivity index (χ1n) is 6.46. The molecule has 0 aromatic heterocycles. The third kappa shape index (κ3) is 3.58. The fourth-order valence-corrected chi connectivity index (χ4v) is 4.51. The molecule has 1 fully saturated rings. The highest BCUT2D eigenvalue weighted by atomic mass is 79.9. The summed E-state index contributed by atoms with van der Waals surface area (Å²) in [5.41, 5.74) is 0. The van der Waals surface area contributed by atoms with Crippen molar-refractivity contribution in [2.24, 2.45) is 11.8 Å². The van der Waals surface area contributed by atoms with Gasteiger partial charge in [0.15, 0.2) is 9.84 Å². The summed E-state index contributed by atoms with van der Waals surface area (Å²) in [6.45, 7) is 2.25. The molecule has 1 saturated carbocycles. The molecule has 0 aliphatic heterocycles. The van der Waals surface area contributed by atoms with Gasteiger partial charge in [-0.25, -0.2) is 8.42 Å². The van der Waals surface area contributed by atoms with E-state index in [1.165, 1.54) is 12.8 Å². The molecule has 0 N–H and O–H groups in total. The Labute approximate surface area is 118 Å². The van der Waals surface area contributed by atoms with Crippen molar-refractivity contribution < 1.29 is 8.42 Å². The Balaban J connectivity index is 2.05. The molecule has 0 unspecified atom stereocenters. The van der Waals surface area contributed by atoms with E-state index in [9.17, 15) is 8.42 Å². The van der Waals surface area contributed by atoms with Crippen molar-refractivity contribution in [3.8, 4) is 0 Å². The van der Waals surface area contributed by atoms with Crippen LogP contribution in [0.4, 0.5) is 0 Å². The van der Waals surface area contributed by atoms with Gasteiger partial charge in [-0.05, 0) is 48.9 Å². The van der Waals surface area contributed by atoms with Crippen LogP contribution in [0.25, 0.3) is 0 Å². The van der Waals surface area contributed by atoms with Crippen LogP contribution < -0.4 is 0 Å². The van der Waals surface area contributed by atoms with Gasteiger partial charge in [0.25, 0.3) is 0 Å². The van der Waals surface area contributed by atoms with Crippen LogP contribution in [-0.4, -0.2) is 14.2 Å². The lowest BCUT2D eigenvalue weighted by Gasteiger charge is -2.25. The maximum absolute atomic E-state index is 12.3. The quantitative estimate of drug-likeness (QED) is 0.837. The van der Waals surface area contributed by atoms with Crippen molar-refractivity contribution >= 4 is 25.8 Å². The van der Waals surface area contributed by atoms with E-state index < -0.39 is 9.84 Å². The van der Waals surface area contributed by atoms with E-state index in [1.54, 1.807) is 24.3 Å². The van der Waals surface area contributed by atoms with Crippen molar-refractivity contribution in [2.45, 2.75) is 37.5 Å². The molecule has 0 bridgehead atoms. The Bertz CT molecular complexity index is 485. The first-order chi connectivity index (χ1) is 8.47. The number of benzene rings is 1. The normalized spacial score (nSPS) is 25.0. The van der Waals surface area contributed by atoms with Crippen LogP contribution in [0.2, 0.25) is 0 Å². The molecule has 2 rings (SSSR count). The number of hydrogen-bond acceptors (Lipinski definition) is 2. The first-order valence-corrected chi connectivity index (χ1v) is 8.90. The van der Waals surface area contributed by atoms with Crippen molar-refractivity contribution in [3.05, 3.63) is 28.7 Å². The zero-order valence-corrected chi connectivity index (χ0v) is 13.0. The van der Waals surface area contributed by atoms with Crippen LogP contribution in [0.1, 0.15) is 32.6 Å². The monoisotopic (exact) mass is 330 g/mol. The van der Waals surface area contributed by atoms with E-state index in [0.29, 0.717) is 16.6 Å². The van der Waals surface area contributed by atoms with Crippen LogP contribution in [0.5, 0.6) is 0 Å². The molecule has 100 valence electrons. The van der Waals surface area contributed by atoms with Crippen LogP contribution in [-0.2, 0) is 9.84 Å². The molecule has 0 saturated heterocycles. The van der Waals surface area contributed by atoms with Gasteiger partial charge < -0.3 is 0 Å². The Morgan fingerprint density at radius 2 is 1.67 bits per heavy atom. The molecular formula is C14H19BrO2S. The molecule has 1 aromatic carbocycles. The number of halogens is 1. The third-order valence-electron chi connectivity index (χ3n) is 3.76. The summed E-state index contributed by atoms with van der Waals surface area (Å²) in [6.07, 6.45) is 4.44. The summed E-state index contributed by atoms with van der Waals surface area (Å²) >= 11 is 3.32. The molecular weight excluding hydrogens is 312 g/mol. The summed E-state index contributed by atoms with van der Waals surface area (Å²) in [5, 5.41) is 0. The van der Waals surface area contributed by atoms with E-state index in [-0.39, 0.29) is 0 Å². The summed E-state index contributed by atoms with van der Waals surface area (Å²) in [4.78, 5) is 0.448. The molecule has 1 aliphatic carbocycles. The van der Waals surface area contributed by atoms with Gasteiger partial charge in [-0.3, -0.25) is 0 Å². The van der Waals surface area contributed by atoms with Gasteiger partial charge in [0.05, 0.1) is 10.6 Å². The fourth-order valence-electron chi connectivity index (χ4n) is 2.54. The molecule has 0 spiro atoms. The molecule has 1 aromatic rings. The molecule has 18 heavy (non-hydrogen) atoms. The Morgan fingerprint density at radius 3 is 2.22 bits per heavy atom. The van der Waals surface area contributed by atoms with Crippen molar-refractivity contribution in [3.63, 3.8) is 0 Å². The second kappa shape index (κ2) is 5.74. The maximum Gasteiger partial charge on any atom is 0.178 e. The highest BCUT2D eigenvalue weighted by molar-refractivity contribution is 9.10. The average Bonchev–Trinajstić information content (AvgIpc) is 2.32. The SMILES string of the molecule is C[C@H]1CC[C@@H](CS(=O)(=O)c2ccc(Br)cc2)CC1. The number of sulfone groups is 1. The molecule has 0 heterocycles. The zero-order chi connectivity index (χ0) is 13.2. The van der Waals surface area contributed by atoms with E-state index in [0.717, 1.165) is 23.2 Å². The zero-order valence-electron chi connectivity index (χ0n) is 10.6. The second-order valence-electron chi connectivity index (χ2n) is 5.36. The Morgan fingerprint density at radius 1 is 1.11 bits per heavy atom.